The van der Waals surface area contributed by atoms with Gasteiger partial charge in [0, 0.05) is 17.0 Å². The molecule has 0 aliphatic rings. The summed E-state index contributed by atoms with van der Waals surface area (Å²) in [4.78, 5) is 10.5. The maximum absolute atomic E-state index is 10.5. The van der Waals surface area contributed by atoms with Crippen LogP contribution in [0, 0.1) is 0 Å². The molecule has 2 nitrogen and oxygen atoms in total. The molecule has 0 heterocycles. The van der Waals surface area contributed by atoms with E-state index in [0.29, 0.717) is 6.61 Å². The molecule has 0 spiro atoms. The molecule has 0 aromatic heterocycles. The van der Waals surface area contributed by atoms with Crippen molar-refractivity contribution in [3.05, 3.63) is 34.3 Å². The summed E-state index contributed by atoms with van der Waals surface area (Å²) in [6.07, 6.45) is 0. The molecule has 0 aliphatic carbocycles. The molecule has 0 amide bonds. The van der Waals surface area contributed by atoms with Crippen molar-refractivity contribution in [2.75, 3.05) is 0 Å². The zero-order chi connectivity index (χ0) is 8.97. The third-order valence-corrected chi connectivity index (χ3v) is 2.16. The molecule has 1 rings (SSSR count). The maximum Gasteiger partial charge on any atom is 0.302 e. The lowest BCUT2D eigenvalue weighted by molar-refractivity contribution is -0.142. The fourth-order valence-electron chi connectivity index (χ4n) is 0.795. The van der Waals surface area contributed by atoms with Gasteiger partial charge in [-0.2, -0.15) is 0 Å². The predicted molar refractivity (Wildman–Crippen MR) is 49.6 cm³/mol. The van der Waals surface area contributed by atoms with E-state index < -0.39 is 0 Å². The van der Waals surface area contributed by atoms with Crippen molar-refractivity contribution >= 4 is 21.9 Å². The number of rotatable bonds is 2. The smallest absolute Gasteiger partial charge is 0.302 e. The highest BCUT2D eigenvalue weighted by atomic mass is 79.9. The van der Waals surface area contributed by atoms with Gasteiger partial charge in [0.15, 0.2) is 0 Å². The van der Waals surface area contributed by atoms with Crippen LogP contribution in [0.1, 0.15) is 12.5 Å². The summed E-state index contributed by atoms with van der Waals surface area (Å²) in [6, 6.07) is 7.65. The Morgan fingerprint density at radius 2 is 2.17 bits per heavy atom. The fourth-order valence-corrected chi connectivity index (χ4v) is 1.19. The van der Waals surface area contributed by atoms with E-state index in [1.165, 1.54) is 6.92 Å². The Morgan fingerprint density at radius 1 is 1.50 bits per heavy atom. The molecule has 0 aliphatic heterocycles. The molecule has 0 radical (unpaired) electrons. The van der Waals surface area contributed by atoms with Gasteiger partial charge < -0.3 is 4.74 Å². The largest absolute Gasteiger partial charge is 0.461 e. The van der Waals surface area contributed by atoms with Crippen LogP contribution in [0.25, 0.3) is 0 Å². The number of ether oxygens (including phenoxy) is 1. The molecule has 3 heteroatoms. The minimum atomic E-state index is -0.259. The molecule has 0 N–H and O–H groups in total. The Kier molecular flexibility index (Phi) is 3.29. The minimum absolute atomic E-state index is 0.259. The minimum Gasteiger partial charge on any atom is -0.461 e. The Bertz CT molecular complexity index is 284. The normalized spacial score (nSPS) is 9.50. The molecule has 1 aromatic rings. The van der Waals surface area contributed by atoms with Gasteiger partial charge in [-0.25, -0.2) is 0 Å². The molecule has 0 fully saturated rings. The molecule has 64 valence electrons. The van der Waals surface area contributed by atoms with Gasteiger partial charge in [0.1, 0.15) is 6.61 Å². The van der Waals surface area contributed by atoms with Crippen molar-refractivity contribution in [3.63, 3.8) is 0 Å². The van der Waals surface area contributed by atoms with Gasteiger partial charge in [0.2, 0.25) is 0 Å². The lowest BCUT2D eigenvalue weighted by atomic mass is 10.2. The average Bonchev–Trinajstić information content (AvgIpc) is 2.03. The molecule has 0 atom stereocenters. The van der Waals surface area contributed by atoms with Crippen LogP contribution < -0.4 is 0 Å². The van der Waals surface area contributed by atoms with Crippen LogP contribution in [0.15, 0.2) is 28.7 Å². The molecule has 0 bridgehead atoms. The van der Waals surface area contributed by atoms with Crippen LogP contribution >= 0.6 is 15.9 Å². The molecular formula is C9H9BrO2. The second-order valence-electron chi connectivity index (χ2n) is 2.37. The van der Waals surface area contributed by atoms with Crippen molar-refractivity contribution < 1.29 is 9.53 Å². The SMILES string of the molecule is CC(=O)OCc1ccccc1Br. The van der Waals surface area contributed by atoms with Crippen LogP contribution in [0.4, 0.5) is 0 Å². The summed E-state index contributed by atoms with van der Waals surface area (Å²) in [5, 5.41) is 0. The highest BCUT2D eigenvalue weighted by molar-refractivity contribution is 9.10. The van der Waals surface area contributed by atoms with Gasteiger partial charge in [-0.05, 0) is 6.07 Å². The molecule has 0 saturated carbocycles. The topological polar surface area (TPSA) is 26.3 Å². The summed E-state index contributed by atoms with van der Waals surface area (Å²) < 4.78 is 5.80. The molecular weight excluding hydrogens is 220 g/mol. The van der Waals surface area contributed by atoms with Crippen LogP contribution in [-0.2, 0) is 16.1 Å². The van der Waals surface area contributed by atoms with Crippen LogP contribution in [0.5, 0.6) is 0 Å². The molecule has 12 heavy (non-hydrogen) atoms. The third-order valence-electron chi connectivity index (χ3n) is 1.39. The summed E-state index contributed by atoms with van der Waals surface area (Å²) >= 11 is 3.36. The number of esters is 1. The molecule has 1 aromatic carbocycles. The van der Waals surface area contributed by atoms with Crippen molar-refractivity contribution in [2.45, 2.75) is 13.5 Å². The second kappa shape index (κ2) is 4.26. The van der Waals surface area contributed by atoms with E-state index in [1.807, 2.05) is 24.3 Å². The standard InChI is InChI=1S/C9H9BrO2/c1-7(11)12-6-8-4-2-3-5-9(8)10/h2-5H,6H2,1H3. The quantitative estimate of drug-likeness (QED) is 0.728. The van der Waals surface area contributed by atoms with Gasteiger partial charge in [-0.3, -0.25) is 4.79 Å². The van der Waals surface area contributed by atoms with Gasteiger partial charge in [0.25, 0.3) is 0 Å². The van der Waals surface area contributed by atoms with Gasteiger partial charge in [-0.1, -0.05) is 34.1 Å². The van der Waals surface area contributed by atoms with E-state index >= 15 is 0 Å². The van der Waals surface area contributed by atoms with E-state index in [-0.39, 0.29) is 5.97 Å². The number of hydrogen-bond donors (Lipinski definition) is 0. The summed E-state index contributed by atoms with van der Waals surface area (Å²) in [7, 11) is 0. The van der Waals surface area contributed by atoms with Gasteiger partial charge in [0.05, 0.1) is 0 Å². The number of benzene rings is 1. The van der Waals surface area contributed by atoms with Crippen molar-refractivity contribution in [1.82, 2.24) is 0 Å². The molecule has 0 unspecified atom stereocenters. The predicted octanol–water partition coefficient (Wildman–Crippen LogP) is 2.51. The average molecular weight is 229 g/mol. The number of carbonyl (C=O) groups is 1. The number of hydrogen-bond acceptors (Lipinski definition) is 2. The number of carbonyl (C=O) groups excluding carboxylic acids is 1. The lowest BCUT2D eigenvalue weighted by Gasteiger charge is -2.03. The maximum atomic E-state index is 10.5. The van der Waals surface area contributed by atoms with E-state index in [2.05, 4.69) is 15.9 Å². The zero-order valence-corrected chi connectivity index (χ0v) is 8.30. The first kappa shape index (κ1) is 9.26. The first-order chi connectivity index (χ1) is 5.70. The second-order valence-corrected chi connectivity index (χ2v) is 3.23. The van der Waals surface area contributed by atoms with E-state index in [4.69, 9.17) is 4.74 Å². The first-order valence-corrected chi connectivity index (χ1v) is 4.36. The Labute approximate surface area is 79.7 Å². The zero-order valence-electron chi connectivity index (χ0n) is 6.71. The van der Waals surface area contributed by atoms with Crippen molar-refractivity contribution in [3.8, 4) is 0 Å². The van der Waals surface area contributed by atoms with E-state index in [9.17, 15) is 4.79 Å². The number of halogens is 1. The fraction of sp³-hybridized carbons (Fsp3) is 0.222. The first-order valence-electron chi connectivity index (χ1n) is 3.57. The van der Waals surface area contributed by atoms with Crippen molar-refractivity contribution in [1.29, 1.82) is 0 Å². The summed E-state index contributed by atoms with van der Waals surface area (Å²) in [6.45, 7) is 1.73. The van der Waals surface area contributed by atoms with Gasteiger partial charge in [-0.15, -0.1) is 0 Å². The highest BCUT2D eigenvalue weighted by Gasteiger charge is 1.99. The summed E-state index contributed by atoms with van der Waals surface area (Å²) in [5.41, 5.74) is 0.979. The van der Waals surface area contributed by atoms with Crippen LogP contribution in [-0.4, -0.2) is 5.97 Å². The monoisotopic (exact) mass is 228 g/mol. The highest BCUT2D eigenvalue weighted by Crippen LogP contribution is 2.16. The summed E-state index contributed by atoms with van der Waals surface area (Å²) in [5.74, 6) is -0.259. The molecule has 0 saturated heterocycles. The third kappa shape index (κ3) is 2.66. The lowest BCUT2D eigenvalue weighted by Crippen LogP contribution is -1.98. The Balaban J connectivity index is 2.63. The van der Waals surface area contributed by atoms with E-state index in [0.717, 1.165) is 10.0 Å². The van der Waals surface area contributed by atoms with Crippen LogP contribution in [0.3, 0.4) is 0 Å². The van der Waals surface area contributed by atoms with Crippen molar-refractivity contribution in [2.24, 2.45) is 0 Å². The van der Waals surface area contributed by atoms with Crippen LogP contribution in [0.2, 0.25) is 0 Å². The van der Waals surface area contributed by atoms with E-state index in [1.54, 1.807) is 0 Å². The Hall–Kier alpha value is -0.830. The Morgan fingerprint density at radius 3 is 2.75 bits per heavy atom. The van der Waals surface area contributed by atoms with Gasteiger partial charge >= 0.3 is 5.97 Å².